The Morgan fingerprint density at radius 3 is 2.30 bits per heavy atom. The van der Waals surface area contributed by atoms with Gasteiger partial charge in [-0.3, -0.25) is 14.9 Å². The molecule has 4 amide bonds. The standard InChI is InChI=1S/C19H28N4O4/c1-23(12-17(24)20-15-8-10-16(27-2)11-9-15)13-18(25)22-19(26)21-14-6-4-3-5-7-14/h8-11,14H,3-7,12-13H2,1-2H3,(H,20,24)(H2,21,22,25,26)/p+1. The molecule has 1 aliphatic rings. The number of ether oxygens (including phenoxy) is 1. The fourth-order valence-corrected chi connectivity index (χ4v) is 3.13. The Balaban J connectivity index is 1.68. The number of carbonyl (C=O) groups excluding carboxylic acids is 3. The maximum atomic E-state index is 12.1. The van der Waals surface area contributed by atoms with Crippen molar-refractivity contribution >= 4 is 23.5 Å². The van der Waals surface area contributed by atoms with Crippen LogP contribution in [0.1, 0.15) is 32.1 Å². The minimum atomic E-state index is -0.456. The van der Waals surface area contributed by atoms with Crippen LogP contribution in [-0.2, 0) is 9.59 Å². The van der Waals surface area contributed by atoms with Crippen molar-refractivity contribution in [3.05, 3.63) is 24.3 Å². The summed E-state index contributed by atoms with van der Waals surface area (Å²) in [6.45, 7) is 0.151. The lowest BCUT2D eigenvalue weighted by atomic mass is 9.96. The van der Waals surface area contributed by atoms with Crippen molar-refractivity contribution in [3.63, 3.8) is 0 Å². The summed E-state index contributed by atoms with van der Waals surface area (Å²) < 4.78 is 5.07. The second-order valence-electron chi connectivity index (χ2n) is 6.94. The van der Waals surface area contributed by atoms with E-state index in [2.05, 4.69) is 16.0 Å². The molecular weight excluding hydrogens is 348 g/mol. The first-order chi connectivity index (χ1) is 13.0. The van der Waals surface area contributed by atoms with E-state index in [1.165, 1.54) is 6.42 Å². The lowest BCUT2D eigenvalue weighted by Crippen LogP contribution is -3.11. The van der Waals surface area contributed by atoms with Gasteiger partial charge in [0, 0.05) is 11.7 Å². The first-order valence-electron chi connectivity index (χ1n) is 9.32. The van der Waals surface area contributed by atoms with E-state index in [9.17, 15) is 14.4 Å². The molecule has 0 saturated heterocycles. The third kappa shape index (κ3) is 7.65. The van der Waals surface area contributed by atoms with Crippen molar-refractivity contribution in [1.82, 2.24) is 10.6 Å². The van der Waals surface area contributed by atoms with Gasteiger partial charge in [-0.05, 0) is 37.1 Å². The number of hydrogen-bond acceptors (Lipinski definition) is 4. The van der Waals surface area contributed by atoms with E-state index in [0.29, 0.717) is 16.3 Å². The average Bonchev–Trinajstić information content (AvgIpc) is 2.62. The number of anilines is 1. The van der Waals surface area contributed by atoms with Crippen molar-refractivity contribution in [2.75, 3.05) is 32.6 Å². The molecule has 27 heavy (non-hydrogen) atoms. The highest BCUT2D eigenvalue weighted by Gasteiger charge is 2.19. The normalized spacial score (nSPS) is 15.5. The van der Waals surface area contributed by atoms with Gasteiger partial charge in [-0.1, -0.05) is 19.3 Å². The summed E-state index contributed by atoms with van der Waals surface area (Å²) in [5.41, 5.74) is 0.657. The highest BCUT2D eigenvalue weighted by atomic mass is 16.5. The van der Waals surface area contributed by atoms with E-state index in [0.717, 1.165) is 25.7 Å². The number of benzene rings is 1. The molecule has 1 unspecified atom stereocenters. The largest absolute Gasteiger partial charge is 0.497 e. The molecule has 0 spiro atoms. The van der Waals surface area contributed by atoms with E-state index < -0.39 is 11.9 Å². The second kappa shape index (κ2) is 10.5. The number of carbonyl (C=O) groups is 3. The molecule has 1 aromatic carbocycles. The SMILES string of the molecule is COc1ccc(NC(=O)C[NH+](C)CC(=O)NC(=O)NC2CCCCC2)cc1. The summed E-state index contributed by atoms with van der Waals surface area (Å²) in [5.74, 6) is 0.0918. The molecule has 8 nitrogen and oxygen atoms in total. The molecule has 0 heterocycles. The highest BCUT2D eigenvalue weighted by Crippen LogP contribution is 2.17. The number of urea groups is 1. The fraction of sp³-hybridized carbons (Fsp3) is 0.526. The van der Waals surface area contributed by atoms with Gasteiger partial charge >= 0.3 is 6.03 Å². The third-order valence-corrected chi connectivity index (χ3v) is 4.49. The van der Waals surface area contributed by atoms with Gasteiger partial charge in [-0.25, -0.2) is 4.79 Å². The van der Waals surface area contributed by atoms with Crippen molar-refractivity contribution in [2.24, 2.45) is 0 Å². The smallest absolute Gasteiger partial charge is 0.321 e. The van der Waals surface area contributed by atoms with Crippen LogP contribution in [0.25, 0.3) is 0 Å². The zero-order chi connectivity index (χ0) is 19.6. The summed E-state index contributed by atoms with van der Waals surface area (Å²) in [4.78, 5) is 36.6. The van der Waals surface area contributed by atoms with Gasteiger partial charge in [0.2, 0.25) is 0 Å². The van der Waals surface area contributed by atoms with Gasteiger partial charge < -0.3 is 20.3 Å². The highest BCUT2D eigenvalue weighted by molar-refractivity contribution is 5.95. The molecule has 1 fully saturated rings. The molecule has 1 aliphatic carbocycles. The summed E-state index contributed by atoms with van der Waals surface area (Å²) in [6.07, 6.45) is 5.33. The molecule has 2 rings (SSSR count). The topological polar surface area (TPSA) is 101 Å². The first-order valence-corrected chi connectivity index (χ1v) is 9.32. The summed E-state index contributed by atoms with van der Waals surface area (Å²) >= 11 is 0. The van der Waals surface area contributed by atoms with E-state index in [1.54, 1.807) is 38.4 Å². The van der Waals surface area contributed by atoms with Crippen LogP contribution in [0.4, 0.5) is 10.5 Å². The van der Waals surface area contributed by atoms with Gasteiger partial charge in [-0.2, -0.15) is 0 Å². The molecular formula is C19H29N4O4+. The van der Waals surface area contributed by atoms with Crippen LogP contribution in [0.15, 0.2) is 24.3 Å². The van der Waals surface area contributed by atoms with Crippen molar-refractivity contribution < 1.29 is 24.0 Å². The van der Waals surface area contributed by atoms with Crippen LogP contribution >= 0.6 is 0 Å². The van der Waals surface area contributed by atoms with E-state index >= 15 is 0 Å². The number of likely N-dealkylation sites (N-methyl/N-ethyl adjacent to an activating group) is 1. The molecule has 0 aliphatic heterocycles. The second-order valence-corrected chi connectivity index (χ2v) is 6.94. The average molecular weight is 377 g/mol. The van der Waals surface area contributed by atoms with E-state index in [-0.39, 0.29) is 25.0 Å². The van der Waals surface area contributed by atoms with Gasteiger partial charge in [-0.15, -0.1) is 0 Å². The number of methoxy groups -OCH3 is 1. The molecule has 8 heteroatoms. The van der Waals surface area contributed by atoms with Crippen LogP contribution < -0.4 is 25.6 Å². The van der Waals surface area contributed by atoms with Crippen LogP contribution in [0.3, 0.4) is 0 Å². The van der Waals surface area contributed by atoms with E-state index in [1.807, 2.05) is 0 Å². The molecule has 0 aromatic heterocycles. The Bertz CT molecular complexity index is 642. The summed E-state index contributed by atoms with van der Waals surface area (Å²) in [7, 11) is 3.30. The Morgan fingerprint density at radius 1 is 1.04 bits per heavy atom. The number of hydrogen-bond donors (Lipinski definition) is 4. The van der Waals surface area contributed by atoms with Crippen LogP contribution in [0.2, 0.25) is 0 Å². The Labute approximate surface area is 159 Å². The molecule has 0 radical (unpaired) electrons. The maximum Gasteiger partial charge on any atom is 0.321 e. The zero-order valence-corrected chi connectivity index (χ0v) is 16.0. The van der Waals surface area contributed by atoms with Crippen LogP contribution in [0, 0.1) is 0 Å². The molecule has 0 bridgehead atoms. The van der Waals surface area contributed by atoms with Crippen molar-refractivity contribution in [2.45, 2.75) is 38.1 Å². The minimum Gasteiger partial charge on any atom is -0.497 e. The molecule has 148 valence electrons. The maximum absolute atomic E-state index is 12.1. The third-order valence-electron chi connectivity index (χ3n) is 4.49. The zero-order valence-electron chi connectivity index (χ0n) is 16.0. The van der Waals surface area contributed by atoms with Crippen molar-refractivity contribution in [3.8, 4) is 5.75 Å². The Hall–Kier alpha value is -2.61. The van der Waals surface area contributed by atoms with Gasteiger partial charge in [0.25, 0.3) is 11.8 Å². The summed E-state index contributed by atoms with van der Waals surface area (Å²) in [6, 6.07) is 6.69. The first kappa shape index (κ1) is 20.7. The molecule has 1 saturated carbocycles. The number of nitrogens with one attached hydrogen (secondary N) is 4. The van der Waals surface area contributed by atoms with Crippen LogP contribution in [0.5, 0.6) is 5.75 Å². The predicted octanol–water partition coefficient (Wildman–Crippen LogP) is 0.307. The lowest BCUT2D eigenvalue weighted by Gasteiger charge is -2.22. The van der Waals surface area contributed by atoms with Crippen LogP contribution in [-0.4, -0.2) is 51.1 Å². The fourth-order valence-electron chi connectivity index (χ4n) is 3.13. The molecule has 1 aromatic rings. The monoisotopic (exact) mass is 377 g/mol. The number of quaternary nitrogens is 1. The lowest BCUT2D eigenvalue weighted by molar-refractivity contribution is -0.862. The van der Waals surface area contributed by atoms with Gasteiger partial charge in [0.05, 0.1) is 14.2 Å². The molecule has 4 N–H and O–H groups in total. The predicted molar refractivity (Wildman–Crippen MR) is 102 cm³/mol. The summed E-state index contributed by atoms with van der Waals surface area (Å²) in [5, 5.41) is 7.94. The van der Waals surface area contributed by atoms with Gasteiger partial charge in [0.15, 0.2) is 13.1 Å². The Kier molecular flexibility index (Phi) is 8.06. The van der Waals surface area contributed by atoms with Crippen molar-refractivity contribution in [1.29, 1.82) is 0 Å². The van der Waals surface area contributed by atoms with E-state index in [4.69, 9.17) is 4.74 Å². The minimum absolute atomic E-state index is 0.0358. The number of rotatable bonds is 7. The quantitative estimate of drug-likeness (QED) is 0.549. The Morgan fingerprint density at radius 2 is 1.67 bits per heavy atom. The number of imide groups is 1. The number of amides is 4. The molecule has 1 atom stereocenters. The van der Waals surface area contributed by atoms with Gasteiger partial charge in [0.1, 0.15) is 5.75 Å².